The number of hydrogen-bond acceptors (Lipinski definition) is 5. The summed E-state index contributed by atoms with van der Waals surface area (Å²) in [6, 6.07) is 0. The van der Waals surface area contributed by atoms with Gasteiger partial charge in [-0.05, 0) is 32.6 Å². The first-order chi connectivity index (χ1) is 9.85. The molecule has 0 aliphatic carbocycles. The van der Waals surface area contributed by atoms with E-state index in [1.54, 1.807) is 18.5 Å². The fraction of sp³-hybridized carbons (Fsp3) is 0.750. The van der Waals surface area contributed by atoms with Gasteiger partial charge in [0.1, 0.15) is 11.9 Å². The van der Waals surface area contributed by atoms with Crippen LogP contribution in [0.3, 0.4) is 0 Å². The minimum atomic E-state index is -3.11. The normalized spacial score (nSPS) is 18.0. The summed E-state index contributed by atoms with van der Waals surface area (Å²) in [5.41, 5.74) is 0.574. The molecule has 1 aromatic heterocycles. The summed E-state index contributed by atoms with van der Waals surface area (Å²) in [6.07, 6.45) is 2.78. The number of hydrogen-bond donors (Lipinski definition) is 0. The van der Waals surface area contributed by atoms with E-state index in [2.05, 4.69) is 5.10 Å². The molecule has 21 heavy (non-hydrogen) atoms. The van der Waals surface area contributed by atoms with Crippen molar-refractivity contribution < 1.29 is 13.3 Å². The van der Waals surface area contributed by atoms with Gasteiger partial charge < -0.3 is 0 Å². The predicted molar refractivity (Wildman–Crippen MR) is 77.4 cm³/mol. The summed E-state index contributed by atoms with van der Waals surface area (Å²) in [5, 5.41) is 14.9. The Balaban J connectivity index is 1.97. The molecule has 1 aromatic rings. The first kappa shape index (κ1) is 15.9. The van der Waals surface area contributed by atoms with Gasteiger partial charge in [0.25, 0.3) is 0 Å². The highest BCUT2D eigenvalue weighted by Gasteiger charge is 2.27. The van der Waals surface area contributed by atoms with Crippen molar-refractivity contribution in [3.05, 3.63) is 22.0 Å². The SMILES string of the molecule is CCS(=O)(=O)N1CCC(Cn2ncc([N+](=O)[O-])c2C)CC1. The van der Waals surface area contributed by atoms with Gasteiger partial charge in [-0.1, -0.05) is 0 Å². The first-order valence-electron chi connectivity index (χ1n) is 6.99. The second-order valence-corrected chi connectivity index (χ2v) is 7.56. The topological polar surface area (TPSA) is 98.3 Å². The van der Waals surface area contributed by atoms with E-state index in [1.165, 1.54) is 10.5 Å². The Kier molecular flexibility index (Phi) is 4.62. The van der Waals surface area contributed by atoms with Gasteiger partial charge in [0, 0.05) is 19.6 Å². The lowest BCUT2D eigenvalue weighted by molar-refractivity contribution is -0.385. The fourth-order valence-corrected chi connectivity index (χ4v) is 3.73. The average molecular weight is 316 g/mol. The number of aromatic nitrogens is 2. The van der Waals surface area contributed by atoms with Crippen LogP contribution in [-0.2, 0) is 16.6 Å². The van der Waals surface area contributed by atoms with E-state index in [9.17, 15) is 18.5 Å². The molecule has 0 spiro atoms. The third kappa shape index (κ3) is 3.41. The maximum absolute atomic E-state index is 11.8. The first-order valence-corrected chi connectivity index (χ1v) is 8.60. The molecule has 0 saturated carbocycles. The molecular formula is C12H20N4O4S. The number of rotatable bonds is 5. The molecule has 118 valence electrons. The van der Waals surface area contributed by atoms with Gasteiger partial charge >= 0.3 is 5.69 Å². The van der Waals surface area contributed by atoms with Crippen molar-refractivity contribution in [3.8, 4) is 0 Å². The largest absolute Gasteiger partial charge is 0.309 e. The quantitative estimate of drug-likeness (QED) is 0.599. The zero-order valence-electron chi connectivity index (χ0n) is 12.2. The van der Waals surface area contributed by atoms with Crippen LogP contribution in [0, 0.1) is 23.0 Å². The van der Waals surface area contributed by atoms with Crippen LogP contribution in [0.4, 0.5) is 5.69 Å². The van der Waals surface area contributed by atoms with Crippen LogP contribution in [0.25, 0.3) is 0 Å². The molecule has 0 bridgehead atoms. The van der Waals surface area contributed by atoms with Crippen LogP contribution < -0.4 is 0 Å². The average Bonchev–Trinajstić information content (AvgIpc) is 2.81. The Hall–Kier alpha value is -1.48. The predicted octanol–water partition coefficient (Wildman–Crippen LogP) is 1.16. The van der Waals surface area contributed by atoms with Gasteiger partial charge in [-0.2, -0.15) is 5.10 Å². The monoisotopic (exact) mass is 316 g/mol. The molecule has 1 aliphatic rings. The molecule has 0 aromatic carbocycles. The Labute approximate surface area is 123 Å². The van der Waals surface area contributed by atoms with Crippen molar-refractivity contribution in [3.63, 3.8) is 0 Å². The molecule has 1 saturated heterocycles. The molecule has 9 heteroatoms. The highest BCUT2D eigenvalue weighted by Crippen LogP contribution is 2.23. The van der Waals surface area contributed by atoms with E-state index in [-0.39, 0.29) is 11.4 Å². The molecule has 1 aliphatic heterocycles. The van der Waals surface area contributed by atoms with Crippen molar-refractivity contribution in [2.75, 3.05) is 18.8 Å². The Morgan fingerprint density at radius 2 is 2.05 bits per heavy atom. The summed E-state index contributed by atoms with van der Waals surface area (Å²) in [4.78, 5) is 10.4. The van der Waals surface area contributed by atoms with Crippen molar-refractivity contribution in [1.29, 1.82) is 0 Å². The van der Waals surface area contributed by atoms with Crippen LogP contribution in [0.5, 0.6) is 0 Å². The second-order valence-electron chi connectivity index (χ2n) is 5.30. The number of piperidine rings is 1. The fourth-order valence-electron chi connectivity index (χ4n) is 2.60. The van der Waals surface area contributed by atoms with Crippen LogP contribution in [0.15, 0.2) is 6.20 Å². The maximum Gasteiger partial charge on any atom is 0.309 e. The molecule has 8 nitrogen and oxygen atoms in total. The summed E-state index contributed by atoms with van der Waals surface area (Å²) < 4.78 is 26.7. The van der Waals surface area contributed by atoms with Gasteiger partial charge in [0.05, 0.1) is 10.7 Å². The third-order valence-electron chi connectivity index (χ3n) is 4.04. The molecule has 2 heterocycles. The van der Waals surface area contributed by atoms with Crippen molar-refractivity contribution in [2.24, 2.45) is 5.92 Å². The zero-order chi connectivity index (χ0) is 15.6. The van der Waals surface area contributed by atoms with Gasteiger partial charge in [0.15, 0.2) is 0 Å². The standard InChI is InChI=1S/C12H20N4O4S/c1-3-21(19,20)14-6-4-11(5-7-14)9-15-10(2)12(8-13-15)16(17)18/h8,11H,3-7,9H2,1-2H3. The Morgan fingerprint density at radius 1 is 1.43 bits per heavy atom. The minimum Gasteiger partial charge on any atom is -0.262 e. The van der Waals surface area contributed by atoms with Crippen LogP contribution in [0.1, 0.15) is 25.5 Å². The van der Waals surface area contributed by atoms with Crippen molar-refractivity contribution >= 4 is 15.7 Å². The van der Waals surface area contributed by atoms with Crippen LogP contribution in [0.2, 0.25) is 0 Å². The lowest BCUT2D eigenvalue weighted by Crippen LogP contribution is -2.40. The molecule has 0 atom stereocenters. The lowest BCUT2D eigenvalue weighted by Gasteiger charge is -2.30. The Bertz CT molecular complexity index is 617. The van der Waals surface area contributed by atoms with Gasteiger partial charge in [-0.15, -0.1) is 0 Å². The summed E-state index contributed by atoms with van der Waals surface area (Å²) in [7, 11) is -3.11. The Morgan fingerprint density at radius 3 is 2.52 bits per heavy atom. The smallest absolute Gasteiger partial charge is 0.262 e. The molecule has 0 amide bonds. The van der Waals surface area contributed by atoms with Gasteiger partial charge in [-0.3, -0.25) is 14.8 Å². The summed E-state index contributed by atoms with van der Waals surface area (Å²) in [5.74, 6) is 0.425. The lowest BCUT2D eigenvalue weighted by atomic mass is 9.98. The van der Waals surface area contributed by atoms with Crippen molar-refractivity contribution in [1.82, 2.24) is 14.1 Å². The van der Waals surface area contributed by atoms with E-state index in [0.29, 0.717) is 31.2 Å². The molecule has 0 N–H and O–H groups in total. The third-order valence-corrected chi connectivity index (χ3v) is 5.92. The number of nitrogens with zero attached hydrogens (tertiary/aromatic N) is 4. The van der Waals surface area contributed by atoms with E-state index >= 15 is 0 Å². The maximum atomic E-state index is 11.8. The molecule has 0 radical (unpaired) electrons. The van der Waals surface area contributed by atoms with E-state index in [0.717, 1.165) is 12.8 Å². The number of nitro groups is 1. The zero-order valence-corrected chi connectivity index (χ0v) is 13.0. The summed E-state index contributed by atoms with van der Waals surface area (Å²) in [6.45, 7) is 4.96. The van der Waals surface area contributed by atoms with E-state index in [4.69, 9.17) is 0 Å². The molecule has 1 fully saturated rings. The van der Waals surface area contributed by atoms with E-state index < -0.39 is 14.9 Å². The molecular weight excluding hydrogens is 296 g/mol. The van der Waals surface area contributed by atoms with Crippen LogP contribution in [-0.4, -0.2) is 46.3 Å². The molecule has 0 unspecified atom stereocenters. The molecule has 2 rings (SSSR count). The van der Waals surface area contributed by atoms with Gasteiger partial charge in [-0.25, -0.2) is 12.7 Å². The van der Waals surface area contributed by atoms with Crippen molar-refractivity contribution in [2.45, 2.75) is 33.2 Å². The highest BCUT2D eigenvalue weighted by molar-refractivity contribution is 7.89. The van der Waals surface area contributed by atoms with E-state index in [1.807, 2.05) is 0 Å². The van der Waals surface area contributed by atoms with Crippen LogP contribution >= 0.6 is 0 Å². The van der Waals surface area contributed by atoms with Gasteiger partial charge in [0.2, 0.25) is 10.0 Å². The summed E-state index contributed by atoms with van der Waals surface area (Å²) >= 11 is 0. The minimum absolute atomic E-state index is 0.0287. The number of sulfonamides is 1. The highest BCUT2D eigenvalue weighted by atomic mass is 32.2. The second kappa shape index (κ2) is 6.10.